The van der Waals surface area contributed by atoms with Gasteiger partial charge in [-0.1, -0.05) is 20.3 Å². The normalized spacial score (nSPS) is 18.8. The number of hydrogen-bond acceptors (Lipinski definition) is 2. The van der Waals surface area contributed by atoms with E-state index < -0.39 is 0 Å². The van der Waals surface area contributed by atoms with Gasteiger partial charge in [-0.05, 0) is 26.2 Å². The van der Waals surface area contributed by atoms with Gasteiger partial charge in [0.05, 0.1) is 12.2 Å². The number of aliphatic hydroxyl groups is 1. The van der Waals surface area contributed by atoms with Crippen LogP contribution in [0.25, 0.3) is 0 Å². The van der Waals surface area contributed by atoms with Crippen molar-refractivity contribution in [1.29, 1.82) is 0 Å². The summed E-state index contributed by atoms with van der Waals surface area (Å²) in [6.07, 6.45) is 1.84. The third-order valence-electron chi connectivity index (χ3n) is 2.24. The number of aliphatic hydroxyl groups excluding tert-OH is 1. The Balaban J connectivity index is 3.73. The minimum absolute atomic E-state index is 0.0310. The molecule has 3 unspecified atom stereocenters. The van der Waals surface area contributed by atoms with Crippen molar-refractivity contribution in [3.8, 4) is 0 Å². The van der Waals surface area contributed by atoms with E-state index in [1.54, 1.807) is 0 Å². The molecule has 0 aromatic rings. The average Bonchev–Trinajstić information content (AvgIpc) is 2.04. The highest BCUT2D eigenvalue weighted by Gasteiger charge is 2.20. The van der Waals surface area contributed by atoms with Crippen LogP contribution in [0.3, 0.4) is 0 Å². The Hall–Kier alpha value is -0.0800. The molecule has 0 aromatic carbocycles. The maximum absolute atomic E-state index is 9.72. The first kappa shape index (κ1) is 11.9. The van der Waals surface area contributed by atoms with Gasteiger partial charge < -0.3 is 9.84 Å². The van der Waals surface area contributed by atoms with Gasteiger partial charge in [-0.25, -0.2) is 0 Å². The van der Waals surface area contributed by atoms with Gasteiger partial charge in [0.2, 0.25) is 0 Å². The number of rotatable bonds is 6. The van der Waals surface area contributed by atoms with E-state index in [2.05, 4.69) is 13.8 Å². The number of hydrogen-bond donors (Lipinski definition) is 1. The summed E-state index contributed by atoms with van der Waals surface area (Å²) in [5.74, 6) is 0.344. The molecule has 0 bridgehead atoms. The van der Waals surface area contributed by atoms with E-state index in [9.17, 15) is 5.11 Å². The summed E-state index contributed by atoms with van der Waals surface area (Å²) in [4.78, 5) is 0. The first-order valence-corrected chi connectivity index (χ1v) is 4.93. The third kappa shape index (κ3) is 4.07. The van der Waals surface area contributed by atoms with Gasteiger partial charge in [-0.15, -0.1) is 0 Å². The monoisotopic (exact) mass is 174 g/mol. The van der Waals surface area contributed by atoms with Crippen molar-refractivity contribution in [1.82, 2.24) is 0 Å². The van der Waals surface area contributed by atoms with Crippen LogP contribution in [-0.2, 0) is 4.74 Å². The zero-order valence-corrected chi connectivity index (χ0v) is 8.71. The van der Waals surface area contributed by atoms with Crippen molar-refractivity contribution in [2.75, 3.05) is 6.61 Å². The maximum Gasteiger partial charge on any atom is 0.0824 e. The van der Waals surface area contributed by atoms with E-state index in [4.69, 9.17) is 4.74 Å². The Labute approximate surface area is 75.9 Å². The van der Waals surface area contributed by atoms with Crippen molar-refractivity contribution in [2.24, 2.45) is 5.92 Å². The molecule has 0 aliphatic rings. The summed E-state index contributed by atoms with van der Waals surface area (Å²) < 4.78 is 5.32. The van der Waals surface area contributed by atoms with E-state index in [-0.39, 0.29) is 12.2 Å². The molecule has 0 aliphatic carbocycles. The molecule has 0 heterocycles. The second kappa shape index (κ2) is 6.44. The lowest BCUT2D eigenvalue weighted by Gasteiger charge is -2.24. The molecule has 3 atom stereocenters. The summed E-state index contributed by atoms with van der Waals surface area (Å²) >= 11 is 0. The molecule has 2 heteroatoms. The Kier molecular flexibility index (Phi) is 6.39. The van der Waals surface area contributed by atoms with Crippen LogP contribution in [0.5, 0.6) is 0 Å². The summed E-state index contributed by atoms with van der Waals surface area (Å²) in [5, 5.41) is 9.72. The number of ether oxygens (including phenoxy) is 1. The van der Waals surface area contributed by atoms with Crippen molar-refractivity contribution in [3.63, 3.8) is 0 Å². The second-order valence-electron chi connectivity index (χ2n) is 3.42. The van der Waals surface area contributed by atoms with Crippen molar-refractivity contribution >= 4 is 0 Å². The first-order valence-electron chi connectivity index (χ1n) is 4.93. The fraction of sp³-hybridized carbons (Fsp3) is 1.00. The summed E-state index contributed by atoms with van der Waals surface area (Å²) in [7, 11) is 0. The van der Waals surface area contributed by atoms with Crippen LogP contribution in [0.2, 0.25) is 0 Å². The molecular formula is C10H22O2. The quantitative estimate of drug-likeness (QED) is 0.669. The molecule has 0 spiro atoms. The van der Waals surface area contributed by atoms with Crippen LogP contribution in [0.15, 0.2) is 0 Å². The van der Waals surface area contributed by atoms with Crippen molar-refractivity contribution in [3.05, 3.63) is 0 Å². The van der Waals surface area contributed by atoms with Gasteiger partial charge in [0.1, 0.15) is 0 Å². The minimum Gasteiger partial charge on any atom is -0.390 e. The lowest BCUT2D eigenvalue weighted by molar-refractivity contribution is -0.0464. The molecular weight excluding hydrogens is 152 g/mol. The van der Waals surface area contributed by atoms with Crippen molar-refractivity contribution < 1.29 is 9.84 Å². The Bertz CT molecular complexity index is 92.0. The molecule has 2 nitrogen and oxygen atoms in total. The molecule has 0 saturated carbocycles. The van der Waals surface area contributed by atoms with Crippen LogP contribution in [0.1, 0.15) is 40.5 Å². The fourth-order valence-electron chi connectivity index (χ4n) is 1.45. The Morgan fingerprint density at radius 1 is 1.25 bits per heavy atom. The van der Waals surface area contributed by atoms with Crippen LogP contribution in [0, 0.1) is 5.92 Å². The highest BCUT2D eigenvalue weighted by atomic mass is 16.5. The van der Waals surface area contributed by atoms with Gasteiger partial charge in [0.15, 0.2) is 0 Å². The average molecular weight is 174 g/mol. The lowest BCUT2D eigenvalue weighted by Crippen LogP contribution is -2.32. The summed E-state index contributed by atoms with van der Waals surface area (Å²) in [6, 6.07) is 0. The van der Waals surface area contributed by atoms with Gasteiger partial charge in [0, 0.05) is 6.61 Å². The highest BCUT2D eigenvalue weighted by molar-refractivity contribution is 4.70. The van der Waals surface area contributed by atoms with Crippen LogP contribution in [-0.4, -0.2) is 23.9 Å². The van der Waals surface area contributed by atoms with Gasteiger partial charge in [-0.2, -0.15) is 0 Å². The SMILES string of the molecule is CCCC(C)C(O)C(C)OCC. The summed E-state index contributed by atoms with van der Waals surface area (Å²) in [5.41, 5.74) is 0. The Morgan fingerprint density at radius 3 is 2.25 bits per heavy atom. The van der Waals surface area contributed by atoms with Gasteiger partial charge in [0.25, 0.3) is 0 Å². The molecule has 0 aromatic heterocycles. The van der Waals surface area contributed by atoms with Gasteiger partial charge in [-0.3, -0.25) is 0 Å². The predicted octanol–water partition coefficient (Wildman–Crippen LogP) is 2.21. The predicted molar refractivity (Wildman–Crippen MR) is 51.2 cm³/mol. The van der Waals surface area contributed by atoms with E-state index in [0.29, 0.717) is 12.5 Å². The van der Waals surface area contributed by atoms with E-state index in [1.807, 2.05) is 13.8 Å². The second-order valence-corrected chi connectivity index (χ2v) is 3.42. The molecule has 0 rings (SSSR count). The molecule has 0 aliphatic heterocycles. The van der Waals surface area contributed by atoms with E-state index in [0.717, 1.165) is 12.8 Å². The lowest BCUT2D eigenvalue weighted by atomic mass is 9.96. The third-order valence-corrected chi connectivity index (χ3v) is 2.24. The van der Waals surface area contributed by atoms with Crippen LogP contribution < -0.4 is 0 Å². The van der Waals surface area contributed by atoms with Crippen molar-refractivity contribution in [2.45, 2.75) is 52.7 Å². The fourth-order valence-corrected chi connectivity index (χ4v) is 1.45. The van der Waals surface area contributed by atoms with E-state index >= 15 is 0 Å². The molecule has 74 valence electrons. The molecule has 12 heavy (non-hydrogen) atoms. The molecule has 0 fully saturated rings. The summed E-state index contributed by atoms with van der Waals surface area (Å²) in [6.45, 7) is 8.77. The molecule has 0 saturated heterocycles. The zero-order chi connectivity index (χ0) is 9.56. The zero-order valence-electron chi connectivity index (χ0n) is 8.71. The van der Waals surface area contributed by atoms with Crippen LogP contribution >= 0.6 is 0 Å². The van der Waals surface area contributed by atoms with Gasteiger partial charge >= 0.3 is 0 Å². The maximum atomic E-state index is 9.72. The van der Waals surface area contributed by atoms with Crippen LogP contribution in [0.4, 0.5) is 0 Å². The van der Waals surface area contributed by atoms with E-state index in [1.165, 1.54) is 0 Å². The largest absolute Gasteiger partial charge is 0.390 e. The molecule has 0 radical (unpaired) electrons. The smallest absolute Gasteiger partial charge is 0.0824 e. The molecule has 0 amide bonds. The minimum atomic E-state index is -0.315. The Morgan fingerprint density at radius 2 is 1.83 bits per heavy atom. The highest BCUT2D eigenvalue weighted by Crippen LogP contribution is 2.15. The topological polar surface area (TPSA) is 29.5 Å². The molecule has 1 N–H and O–H groups in total. The standard InChI is InChI=1S/C10H22O2/c1-5-7-8(3)10(11)9(4)12-6-2/h8-11H,5-7H2,1-4H3. The first-order chi connectivity index (χ1) is 5.63.